The van der Waals surface area contributed by atoms with Gasteiger partial charge in [-0.15, -0.1) is 0 Å². The molecule has 1 heterocycles. The summed E-state index contributed by atoms with van der Waals surface area (Å²) in [6.07, 6.45) is 1.34. The lowest BCUT2D eigenvalue weighted by molar-refractivity contribution is 0.426. The number of rotatable bonds is 5. The van der Waals surface area contributed by atoms with Gasteiger partial charge in [0, 0.05) is 27.7 Å². The van der Waals surface area contributed by atoms with Crippen molar-refractivity contribution >= 4 is 35.8 Å². The molecule has 0 aliphatic rings. The molecule has 0 spiro atoms. The molecule has 5 aromatic rings. The maximum Gasteiger partial charge on any atom is 0.492 e. The highest BCUT2D eigenvalue weighted by Crippen LogP contribution is 2.38. The molecule has 36 heavy (non-hydrogen) atoms. The smallest absolute Gasteiger partial charge is 0.423 e. The minimum absolute atomic E-state index is 0.121. The zero-order valence-electron chi connectivity index (χ0n) is 19.6. The first-order chi connectivity index (χ1) is 17.4. The molecule has 4 nitrogen and oxygen atoms in total. The predicted molar refractivity (Wildman–Crippen MR) is 149 cm³/mol. The van der Waals surface area contributed by atoms with Gasteiger partial charge < -0.3 is 10.0 Å². The van der Waals surface area contributed by atoms with E-state index in [1.54, 1.807) is 18.2 Å². The highest BCUT2D eigenvalue weighted by Gasteiger charge is 2.30. The van der Waals surface area contributed by atoms with Gasteiger partial charge in [-0.25, -0.2) is 0 Å². The van der Waals surface area contributed by atoms with Crippen molar-refractivity contribution in [3.05, 3.63) is 142 Å². The molecule has 1 aromatic heterocycles. The van der Waals surface area contributed by atoms with Crippen LogP contribution in [0.4, 0.5) is 0 Å². The summed E-state index contributed by atoms with van der Waals surface area (Å²) in [7, 11) is -1.60. The first-order valence-electron chi connectivity index (χ1n) is 11.4. The van der Waals surface area contributed by atoms with E-state index < -0.39 is 7.12 Å². The number of aromatic nitrogens is 2. The summed E-state index contributed by atoms with van der Waals surface area (Å²) in [6.45, 7) is 2.30. The molecular weight excluding hydrogens is 490 g/mol. The molecule has 7 heteroatoms. The lowest BCUT2D eigenvalue weighted by Gasteiger charge is -2.31. The van der Waals surface area contributed by atoms with Gasteiger partial charge >= 0.3 is 7.12 Å². The lowest BCUT2D eigenvalue weighted by atomic mass is 9.71. The van der Waals surface area contributed by atoms with Crippen LogP contribution in [0.5, 0.6) is 0 Å². The second-order valence-electron chi connectivity index (χ2n) is 8.42. The Morgan fingerprint density at radius 2 is 1.19 bits per heavy atom. The fourth-order valence-corrected chi connectivity index (χ4v) is 4.72. The number of nitrogens with one attached hydrogen (secondary N) is 1. The summed E-state index contributed by atoms with van der Waals surface area (Å²) >= 11 is 11.8. The van der Waals surface area contributed by atoms with Crippen molar-refractivity contribution in [2.24, 2.45) is 0 Å². The summed E-state index contributed by atoms with van der Waals surface area (Å²) in [5.74, 6) is 0. The van der Waals surface area contributed by atoms with E-state index in [9.17, 15) is 0 Å². The first-order valence-corrected chi connectivity index (χ1v) is 12.2. The third-order valence-electron chi connectivity index (χ3n) is 6.20. The number of nitrogens with zero attached hydrogens (tertiary/aromatic N) is 1. The molecule has 0 saturated heterocycles. The van der Waals surface area contributed by atoms with Gasteiger partial charge in [-0.3, -0.25) is 5.10 Å². The summed E-state index contributed by atoms with van der Waals surface area (Å²) in [4.78, 5) is 0. The molecule has 4 aromatic carbocycles. The van der Waals surface area contributed by atoms with Crippen molar-refractivity contribution in [2.45, 2.75) is 12.3 Å². The molecule has 0 fully saturated rings. The third-order valence-corrected chi connectivity index (χ3v) is 6.75. The van der Waals surface area contributed by atoms with Gasteiger partial charge in [-0.2, -0.15) is 5.10 Å². The molecule has 3 N–H and O–H groups in total. The van der Waals surface area contributed by atoms with E-state index in [0.717, 1.165) is 0 Å². The molecule has 0 aliphatic carbocycles. The van der Waals surface area contributed by atoms with E-state index in [1.807, 2.05) is 0 Å². The number of hydrogen-bond acceptors (Lipinski definition) is 3. The molecule has 0 atom stereocenters. The Bertz CT molecular complexity index is 1300. The van der Waals surface area contributed by atoms with Crippen LogP contribution >= 0.6 is 23.2 Å². The predicted octanol–water partition coefficient (Wildman–Crippen LogP) is 6.10. The van der Waals surface area contributed by atoms with Gasteiger partial charge in [-0.05, 0) is 41.8 Å². The average Bonchev–Trinajstić information content (AvgIpc) is 3.40. The van der Waals surface area contributed by atoms with Gasteiger partial charge in [0.1, 0.15) is 0 Å². The monoisotopic (exact) mass is 514 g/mol. The standard InChI is InChI=1S/C20H18.C9H7BCl2N2O2/c1-20(17-11-5-2-6-12-17,18-13-7-3-8-14-18)19-15-9-4-10-16-19;11-5-1-2-6(8(12)3-5)9-7(10(15)16)4-13-14-9/h2-16H,1H3;1-4,15-16H,(H,13,14). The Morgan fingerprint density at radius 1 is 0.722 bits per heavy atom. The Labute approximate surface area is 221 Å². The van der Waals surface area contributed by atoms with E-state index in [2.05, 4.69) is 108 Å². The Kier molecular flexibility index (Phi) is 8.29. The summed E-state index contributed by atoms with van der Waals surface area (Å²) in [6, 6.07) is 37.0. The van der Waals surface area contributed by atoms with Crippen molar-refractivity contribution in [1.29, 1.82) is 0 Å². The fourth-order valence-electron chi connectivity index (χ4n) is 4.21. The molecule has 5 rings (SSSR count). The Morgan fingerprint density at radius 3 is 1.61 bits per heavy atom. The van der Waals surface area contributed by atoms with Gasteiger partial charge in [0.05, 0.1) is 10.7 Å². The van der Waals surface area contributed by atoms with Crippen LogP contribution in [0, 0.1) is 0 Å². The van der Waals surface area contributed by atoms with Crippen molar-refractivity contribution in [2.75, 3.05) is 0 Å². The molecule has 0 radical (unpaired) electrons. The van der Waals surface area contributed by atoms with Gasteiger partial charge in [0.25, 0.3) is 0 Å². The highest BCUT2D eigenvalue weighted by atomic mass is 35.5. The maximum absolute atomic E-state index is 9.13. The number of aromatic amines is 1. The van der Waals surface area contributed by atoms with Gasteiger partial charge in [0.15, 0.2) is 0 Å². The van der Waals surface area contributed by atoms with E-state index in [1.165, 1.54) is 22.9 Å². The second kappa shape index (κ2) is 11.6. The van der Waals surface area contributed by atoms with Crippen molar-refractivity contribution < 1.29 is 10.0 Å². The average molecular weight is 515 g/mol. The molecule has 0 saturated carbocycles. The molecule has 0 aliphatic heterocycles. The summed E-state index contributed by atoms with van der Waals surface area (Å²) in [5.41, 5.74) is 5.18. The van der Waals surface area contributed by atoms with E-state index in [0.29, 0.717) is 21.3 Å². The number of halogens is 2. The van der Waals surface area contributed by atoms with Crippen LogP contribution in [-0.4, -0.2) is 27.4 Å². The van der Waals surface area contributed by atoms with E-state index >= 15 is 0 Å². The number of hydrogen-bond donors (Lipinski definition) is 3. The van der Waals surface area contributed by atoms with Crippen LogP contribution in [0.3, 0.4) is 0 Å². The van der Waals surface area contributed by atoms with Crippen molar-refractivity contribution in [1.82, 2.24) is 10.2 Å². The topological polar surface area (TPSA) is 69.1 Å². The van der Waals surface area contributed by atoms with Crippen LogP contribution in [-0.2, 0) is 5.41 Å². The second-order valence-corrected chi connectivity index (χ2v) is 9.26. The lowest BCUT2D eigenvalue weighted by Crippen LogP contribution is -2.30. The molecule has 0 amide bonds. The van der Waals surface area contributed by atoms with Crippen LogP contribution in [0.15, 0.2) is 115 Å². The molecule has 180 valence electrons. The Hall–Kier alpha value is -3.35. The van der Waals surface area contributed by atoms with Crippen LogP contribution in [0.2, 0.25) is 10.0 Å². The summed E-state index contributed by atoms with van der Waals surface area (Å²) in [5, 5.41) is 25.6. The zero-order chi connectivity index (χ0) is 25.5. The molecule has 0 unspecified atom stereocenters. The SMILES string of the molecule is CC(c1ccccc1)(c1ccccc1)c1ccccc1.OB(O)c1cn[nH]c1-c1ccc(Cl)cc1Cl. The van der Waals surface area contributed by atoms with E-state index in [-0.39, 0.29) is 10.9 Å². The quantitative estimate of drug-likeness (QED) is 0.196. The summed E-state index contributed by atoms with van der Waals surface area (Å²) < 4.78 is 0. The van der Waals surface area contributed by atoms with Crippen LogP contribution in [0.25, 0.3) is 11.3 Å². The first kappa shape index (κ1) is 25.7. The molecular formula is C29H25BCl2N2O2. The fraction of sp³-hybridized carbons (Fsp3) is 0.0690. The number of H-pyrrole nitrogens is 1. The van der Waals surface area contributed by atoms with Crippen molar-refractivity contribution in [3.8, 4) is 11.3 Å². The zero-order valence-corrected chi connectivity index (χ0v) is 21.2. The highest BCUT2D eigenvalue weighted by molar-refractivity contribution is 6.60. The van der Waals surface area contributed by atoms with Crippen LogP contribution in [0.1, 0.15) is 23.6 Å². The van der Waals surface area contributed by atoms with Gasteiger partial charge in [0.2, 0.25) is 0 Å². The number of benzene rings is 4. The molecule has 0 bridgehead atoms. The minimum atomic E-state index is -1.60. The van der Waals surface area contributed by atoms with Crippen molar-refractivity contribution in [3.63, 3.8) is 0 Å². The minimum Gasteiger partial charge on any atom is -0.423 e. The Balaban J connectivity index is 0.000000174. The normalized spacial score (nSPS) is 10.9. The van der Waals surface area contributed by atoms with Gasteiger partial charge in [-0.1, -0.05) is 114 Å². The van der Waals surface area contributed by atoms with E-state index in [4.69, 9.17) is 33.2 Å². The van der Waals surface area contributed by atoms with Crippen LogP contribution < -0.4 is 5.46 Å². The largest absolute Gasteiger partial charge is 0.492 e. The maximum atomic E-state index is 9.13. The third kappa shape index (κ3) is 5.56.